The highest BCUT2D eigenvalue weighted by molar-refractivity contribution is 5.84. The van der Waals surface area contributed by atoms with E-state index in [-0.39, 0.29) is 22.3 Å². The van der Waals surface area contributed by atoms with Crippen LogP contribution in [0.2, 0.25) is 0 Å². The van der Waals surface area contributed by atoms with Crippen LogP contribution in [0.3, 0.4) is 0 Å². The third-order valence-corrected chi connectivity index (χ3v) is 8.84. The monoisotopic (exact) mass is 403 g/mol. The van der Waals surface area contributed by atoms with E-state index in [1.54, 1.807) is 6.08 Å². The first-order valence-electron chi connectivity index (χ1n) is 11.5. The molecule has 1 heterocycles. The predicted molar refractivity (Wildman–Crippen MR) is 117 cm³/mol. The molecule has 0 spiro atoms. The van der Waals surface area contributed by atoms with Gasteiger partial charge in [-0.1, -0.05) is 49.8 Å². The Bertz CT molecular complexity index is 907. The third kappa shape index (κ3) is 2.86. The fourth-order valence-corrected chi connectivity index (χ4v) is 7.51. The minimum atomic E-state index is -0.286. The molecule has 1 aromatic rings. The van der Waals surface area contributed by atoms with Gasteiger partial charge in [0, 0.05) is 25.2 Å². The van der Waals surface area contributed by atoms with E-state index in [2.05, 4.69) is 55.1 Å². The van der Waals surface area contributed by atoms with Gasteiger partial charge in [-0.05, 0) is 66.8 Å². The van der Waals surface area contributed by atoms with Gasteiger partial charge in [0.15, 0.2) is 0 Å². The number of piperidine rings is 1. The number of carbonyl (C=O) groups is 1. The average molecular weight is 404 g/mol. The summed E-state index contributed by atoms with van der Waals surface area (Å²) in [5.74, 6) is 1.07. The van der Waals surface area contributed by atoms with Gasteiger partial charge in [0.1, 0.15) is 0 Å². The zero-order valence-corrected chi connectivity index (χ0v) is 18.2. The molecular formula is C26H33N3O. The average Bonchev–Trinajstić information content (AvgIpc) is 2.72. The number of amides is 1. The molecule has 2 unspecified atom stereocenters. The van der Waals surface area contributed by atoms with E-state index in [0.29, 0.717) is 17.7 Å². The molecule has 1 aliphatic heterocycles. The van der Waals surface area contributed by atoms with E-state index >= 15 is 0 Å². The van der Waals surface area contributed by atoms with E-state index in [1.807, 2.05) is 0 Å². The Kier molecular flexibility index (Phi) is 4.42. The lowest BCUT2D eigenvalue weighted by Crippen LogP contribution is -2.63. The van der Waals surface area contributed by atoms with Crippen molar-refractivity contribution in [2.45, 2.75) is 63.8 Å². The quantitative estimate of drug-likeness (QED) is 0.754. The van der Waals surface area contributed by atoms with Gasteiger partial charge in [0.05, 0.1) is 11.5 Å². The SMILES string of the molecule is CC1(C)CN(C(=O)C23CC4CC(c5ccccc5)(CC(C2)C4=CC#N)C3)CC[C@@H]1N. The van der Waals surface area contributed by atoms with Gasteiger partial charge in [0.2, 0.25) is 5.91 Å². The van der Waals surface area contributed by atoms with Crippen molar-refractivity contribution in [3.63, 3.8) is 0 Å². The zero-order valence-electron chi connectivity index (χ0n) is 18.2. The van der Waals surface area contributed by atoms with Crippen molar-refractivity contribution in [2.75, 3.05) is 13.1 Å². The summed E-state index contributed by atoms with van der Waals surface area (Å²) in [5, 5.41) is 9.38. The van der Waals surface area contributed by atoms with Crippen LogP contribution in [0, 0.1) is 34.0 Å². The van der Waals surface area contributed by atoms with Crippen molar-refractivity contribution < 1.29 is 4.79 Å². The highest BCUT2D eigenvalue weighted by Crippen LogP contribution is 2.67. The lowest BCUT2D eigenvalue weighted by molar-refractivity contribution is -0.159. The summed E-state index contributed by atoms with van der Waals surface area (Å²) in [6.07, 6.45) is 7.61. The molecule has 6 rings (SSSR count). The molecule has 158 valence electrons. The van der Waals surface area contributed by atoms with Crippen LogP contribution < -0.4 is 5.73 Å². The summed E-state index contributed by atoms with van der Waals surface area (Å²) < 4.78 is 0. The minimum absolute atomic E-state index is 0.0425. The maximum absolute atomic E-state index is 14.1. The predicted octanol–water partition coefficient (Wildman–Crippen LogP) is 4.17. The summed E-state index contributed by atoms with van der Waals surface area (Å²) in [6.45, 7) is 5.91. The fourth-order valence-electron chi connectivity index (χ4n) is 7.51. The first kappa shape index (κ1) is 19.8. The summed E-state index contributed by atoms with van der Waals surface area (Å²) in [4.78, 5) is 16.2. The smallest absolute Gasteiger partial charge is 0.228 e. The lowest BCUT2D eigenvalue weighted by atomic mass is 9.41. The highest BCUT2D eigenvalue weighted by Gasteiger charge is 2.63. The first-order chi connectivity index (χ1) is 14.3. The second-order valence-electron chi connectivity index (χ2n) is 11.2. The molecule has 1 aromatic carbocycles. The maximum Gasteiger partial charge on any atom is 0.228 e. The van der Waals surface area contributed by atoms with E-state index in [0.717, 1.165) is 51.6 Å². The van der Waals surface area contributed by atoms with Crippen LogP contribution in [-0.2, 0) is 10.2 Å². The first-order valence-corrected chi connectivity index (χ1v) is 11.5. The molecule has 1 amide bonds. The van der Waals surface area contributed by atoms with E-state index in [1.165, 1.54) is 11.1 Å². The Hall–Kier alpha value is -2.12. The number of nitrogens with two attached hydrogens (primary N) is 1. The lowest BCUT2D eigenvalue weighted by Gasteiger charge is -2.63. The number of likely N-dealkylation sites (tertiary alicyclic amines) is 1. The standard InChI is InChI=1S/C26H33N3O/c1-24(2)17-29(11-9-22(24)28)23(30)26-14-18-12-25(16-26,20-6-4-3-5-7-20)13-19(15-26)21(18)8-10-27/h3-8,18-19,22H,9,11-17,28H2,1-2H3/t18?,19?,22-,25?,26?/m0/s1. The van der Waals surface area contributed by atoms with Gasteiger partial charge in [-0.25, -0.2) is 0 Å². The van der Waals surface area contributed by atoms with Crippen molar-refractivity contribution >= 4 is 5.91 Å². The largest absolute Gasteiger partial charge is 0.342 e. The molecule has 5 fully saturated rings. The van der Waals surface area contributed by atoms with Crippen molar-refractivity contribution in [3.05, 3.63) is 47.5 Å². The maximum atomic E-state index is 14.1. The number of allylic oxidation sites excluding steroid dienone is 2. The van der Waals surface area contributed by atoms with Gasteiger partial charge < -0.3 is 10.6 Å². The van der Waals surface area contributed by atoms with E-state index < -0.39 is 0 Å². The van der Waals surface area contributed by atoms with Gasteiger partial charge in [0.25, 0.3) is 0 Å². The molecule has 4 bridgehead atoms. The molecule has 0 aromatic heterocycles. The van der Waals surface area contributed by atoms with Crippen LogP contribution >= 0.6 is 0 Å². The molecule has 4 nitrogen and oxygen atoms in total. The zero-order chi connectivity index (χ0) is 21.1. The number of hydrogen-bond donors (Lipinski definition) is 1. The van der Waals surface area contributed by atoms with Gasteiger partial charge in [-0.2, -0.15) is 5.26 Å². The van der Waals surface area contributed by atoms with Gasteiger partial charge in [-0.3, -0.25) is 4.79 Å². The molecule has 4 heteroatoms. The van der Waals surface area contributed by atoms with Crippen LogP contribution in [-0.4, -0.2) is 29.9 Å². The second-order valence-corrected chi connectivity index (χ2v) is 11.2. The minimum Gasteiger partial charge on any atom is -0.342 e. The molecule has 3 atom stereocenters. The number of nitriles is 1. The van der Waals surface area contributed by atoms with Crippen LogP contribution in [0.25, 0.3) is 0 Å². The van der Waals surface area contributed by atoms with Crippen LogP contribution in [0.1, 0.15) is 57.9 Å². The molecule has 0 radical (unpaired) electrons. The summed E-state index contributed by atoms with van der Waals surface area (Å²) in [6, 6.07) is 13.3. The Morgan fingerprint density at radius 3 is 2.43 bits per heavy atom. The summed E-state index contributed by atoms with van der Waals surface area (Å²) in [5.41, 5.74) is 8.79. The van der Waals surface area contributed by atoms with Crippen molar-refractivity contribution in [3.8, 4) is 6.07 Å². The number of carbonyl (C=O) groups excluding carboxylic acids is 1. The summed E-state index contributed by atoms with van der Waals surface area (Å²) >= 11 is 0. The fraction of sp³-hybridized carbons (Fsp3) is 0.615. The summed E-state index contributed by atoms with van der Waals surface area (Å²) in [7, 11) is 0. The number of rotatable bonds is 2. The number of nitrogens with zero attached hydrogens (tertiary/aromatic N) is 2. The van der Waals surface area contributed by atoms with E-state index in [9.17, 15) is 10.1 Å². The van der Waals surface area contributed by atoms with Crippen LogP contribution in [0.5, 0.6) is 0 Å². The van der Waals surface area contributed by atoms with E-state index in [4.69, 9.17) is 5.73 Å². The van der Waals surface area contributed by atoms with Crippen molar-refractivity contribution in [1.82, 2.24) is 4.90 Å². The normalized spacial score (nSPS) is 38.9. The number of hydrogen-bond acceptors (Lipinski definition) is 3. The molecule has 4 aliphatic carbocycles. The molecule has 4 saturated carbocycles. The van der Waals surface area contributed by atoms with Gasteiger partial charge in [-0.15, -0.1) is 0 Å². The highest BCUT2D eigenvalue weighted by atomic mass is 16.2. The Morgan fingerprint density at radius 1 is 1.17 bits per heavy atom. The second kappa shape index (κ2) is 6.69. The molecular weight excluding hydrogens is 370 g/mol. The van der Waals surface area contributed by atoms with Crippen molar-refractivity contribution in [1.29, 1.82) is 5.26 Å². The Balaban J connectivity index is 1.52. The van der Waals surface area contributed by atoms with Crippen molar-refractivity contribution in [2.24, 2.45) is 28.4 Å². The molecule has 1 saturated heterocycles. The van der Waals surface area contributed by atoms with Crippen LogP contribution in [0.4, 0.5) is 0 Å². The molecule has 5 aliphatic rings. The number of benzene rings is 1. The van der Waals surface area contributed by atoms with Gasteiger partial charge >= 0.3 is 0 Å². The molecule has 30 heavy (non-hydrogen) atoms. The molecule has 2 N–H and O–H groups in total. The Labute approximate surface area is 180 Å². The van der Waals surface area contributed by atoms with Crippen LogP contribution in [0.15, 0.2) is 42.0 Å². The topological polar surface area (TPSA) is 70.1 Å². The third-order valence-electron chi connectivity index (χ3n) is 8.84. The Morgan fingerprint density at radius 2 is 1.83 bits per heavy atom.